The number of phenolic OH excluding ortho intramolecular Hbond substituents is 1. The second-order valence-corrected chi connectivity index (χ2v) is 5.79. The average molecular weight is 414 g/mol. The first-order valence-electron chi connectivity index (χ1n) is 6.79. The Morgan fingerprint density at radius 2 is 2.05 bits per heavy atom. The van der Waals surface area contributed by atoms with E-state index in [9.17, 15) is 5.11 Å². The summed E-state index contributed by atoms with van der Waals surface area (Å²) in [4.78, 5) is 2.37. The van der Waals surface area contributed by atoms with Crippen molar-refractivity contribution in [2.24, 2.45) is 0 Å². The van der Waals surface area contributed by atoms with Gasteiger partial charge in [-0.15, -0.1) is 31.4 Å². The number of hydrogen-bond acceptors (Lipinski definition) is 4. The third kappa shape index (κ3) is 5.03. The molecule has 1 aliphatic heterocycles. The minimum atomic E-state index is 0. The van der Waals surface area contributed by atoms with Gasteiger partial charge in [0.1, 0.15) is 0 Å². The summed E-state index contributed by atoms with van der Waals surface area (Å²) in [5.74, 6) is 0.722. The first kappa shape index (κ1) is 21.5. The second-order valence-electron chi connectivity index (χ2n) is 4.87. The van der Waals surface area contributed by atoms with E-state index in [-0.39, 0.29) is 36.6 Å². The largest absolute Gasteiger partial charge is 0.504 e. The lowest BCUT2D eigenvalue weighted by molar-refractivity contribution is 0.171. The quantitative estimate of drug-likeness (QED) is 0.724. The van der Waals surface area contributed by atoms with Crippen LogP contribution in [0.15, 0.2) is 29.3 Å². The van der Waals surface area contributed by atoms with Gasteiger partial charge in [0.2, 0.25) is 0 Å². The Bertz CT molecular complexity index is 483. The molecule has 22 heavy (non-hydrogen) atoms. The minimum Gasteiger partial charge on any atom is -0.504 e. The smallest absolute Gasteiger partial charge is 0.162 e. The Morgan fingerprint density at radius 1 is 1.41 bits per heavy atom. The van der Waals surface area contributed by atoms with E-state index in [2.05, 4.69) is 32.7 Å². The van der Waals surface area contributed by atoms with Crippen LogP contribution >= 0.6 is 40.7 Å². The van der Waals surface area contributed by atoms with Gasteiger partial charge in [-0.1, -0.05) is 22.0 Å². The molecule has 1 fully saturated rings. The van der Waals surface area contributed by atoms with E-state index in [1.165, 1.54) is 0 Å². The Morgan fingerprint density at radius 3 is 2.59 bits per heavy atom. The van der Waals surface area contributed by atoms with Crippen molar-refractivity contribution in [2.45, 2.75) is 12.5 Å². The van der Waals surface area contributed by atoms with Gasteiger partial charge in [0.15, 0.2) is 11.5 Å². The number of aromatic hydroxyl groups is 1. The number of benzene rings is 1. The first-order valence-corrected chi connectivity index (χ1v) is 7.58. The zero-order chi connectivity index (χ0) is 14.5. The minimum absolute atomic E-state index is 0. The highest BCUT2D eigenvalue weighted by Gasteiger charge is 2.25. The molecule has 1 atom stereocenters. The predicted octanol–water partition coefficient (Wildman–Crippen LogP) is 3.53. The molecule has 1 saturated heterocycles. The monoisotopic (exact) mass is 412 g/mol. The molecule has 2 N–H and O–H groups in total. The number of methoxy groups -OCH3 is 1. The molecular weight excluding hydrogens is 391 g/mol. The summed E-state index contributed by atoms with van der Waals surface area (Å²) < 4.78 is 6.15. The Kier molecular flexibility index (Phi) is 10.1. The summed E-state index contributed by atoms with van der Waals surface area (Å²) in [7, 11) is 1.57. The van der Waals surface area contributed by atoms with Crippen LogP contribution in [-0.2, 0) is 0 Å². The van der Waals surface area contributed by atoms with E-state index >= 15 is 0 Å². The topological polar surface area (TPSA) is 44.7 Å². The van der Waals surface area contributed by atoms with Crippen LogP contribution in [0.3, 0.4) is 0 Å². The lowest BCUT2D eigenvalue weighted by Crippen LogP contribution is -2.45. The maximum absolute atomic E-state index is 10.4. The van der Waals surface area contributed by atoms with Crippen molar-refractivity contribution in [3.8, 4) is 11.5 Å². The van der Waals surface area contributed by atoms with Gasteiger partial charge >= 0.3 is 0 Å². The molecule has 1 aromatic rings. The van der Waals surface area contributed by atoms with E-state index < -0.39 is 0 Å². The molecule has 0 saturated carbocycles. The van der Waals surface area contributed by atoms with Crippen molar-refractivity contribution in [3.63, 3.8) is 0 Å². The molecule has 7 heteroatoms. The maximum Gasteiger partial charge on any atom is 0.162 e. The fourth-order valence-corrected chi connectivity index (χ4v) is 3.08. The SMILES string of the molecule is C=CC[C@@H](c1cc(Br)cc(OC)c1O)N1CCNCC1.Cl.Cl. The summed E-state index contributed by atoms with van der Waals surface area (Å²) >= 11 is 3.48. The highest BCUT2D eigenvalue weighted by atomic mass is 79.9. The lowest BCUT2D eigenvalue weighted by Gasteiger charge is -2.35. The van der Waals surface area contributed by atoms with Crippen molar-refractivity contribution in [2.75, 3.05) is 33.3 Å². The fraction of sp³-hybridized carbons (Fsp3) is 0.467. The molecule has 0 radical (unpaired) electrons. The molecule has 0 bridgehead atoms. The summed E-state index contributed by atoms with van der Waals surface area (Å²) in [5.41, 5.74) is 0.887. The molecule has 0 aliphatic carbocycles. The highest BCUT2D eigenvalue weighted by molar-refractivity contribution is 9.10. The lowest BCUT2D eigenvalue weighted by atomic mass is 9.99. The zero-order valence-corrected chi connectivity index (χ0v) is 15.8. The maximum atomic E-state index is 10.4. The van der Waals surface area contributed by atoms with Crippen molar-refractivity contribution in [1.82, 2.24) is 10.2 Å². The highest BCUT2D eigenvalue weighted by Crippen LogP contribution is 2.40. The van der Waals surface area contributed by atoms with Gasteiger partial charge in [-0.05, 0) is 18.6 Å². The molecule has 1 aliphatic rings. The summed E-state index contributed by atoms with van der Waals surface area (Å²) in [6.45, 7) is 7.72. The van der Waals surface area contributed by atoms with Crippen LogP contribution in [0.25, 0.3) is 0 Å². The van der Waals surface area contributed by atoms with Crippen LogP contribution < -0.4 is 10.1 Å². The third-order valence-corrected chi connectivity index (χ3v) is 4.09. The number of halogens is 3. The molecule has 0 unspecified atom stereocenters. The Hall–Kier alpha value is -0.460. The van der Waals surface area contributed by atoms with Crippen LogP contribution in [0.1, 0.15) is 18.0 Å². The van der Waals surface area contributed by atoms with Crippen molar-refractivity contribution in [1.29, 1.82) is 0 Å². The molecule has 2 rings (SSSR count). The van der Waals surface area contributed by atoms with Gasteiger partial charge in [0, 0.05) is 42.3 Å². The van der Waals surface area contributed by atoms with E-state index in [0.29, 0.717) is 5.75 Å². The van der Waals surface area contributed by atoms with Crippen LogP contribution in [0.2, 0.25) is 0 Å². The Labute approximate surface area is 152 Å². The van der Waals surface area contributed by atoms with Crippen molar-refractivity contribution >= 4 is 40.7 Å². The first-order chi connectivity index (χ1) is 9.67. The number of phenols is 1. The average Bonchev–Trinajstić information content (AvgIpc) is 2.48. The van der Waals surface area contributed by atoms with Gasteiger partial charge in [-0.2, -0.15) is 0 Å². The van der Waals surface area contributed by atoms with Crippen LogP contribution in [-0.4, -0.2) is 43.3 Å². The molecule has 126 valence electrons. The molecule has 0 spiro atoms. The molecule has 4 nitrogen and oxygen atoms in total. The van der Waals surface area contributed by atoms with E-state index in [1.54, 1.807) is 13.2 Å². The number of ether oxygens (including phenoxy) is 1. The molecular formula is C15H23BrCl2N2O2. The molecule has 1 aromatic carbocycles. The van der Waals surface area contributed by atoms with Gasteiger partial charge in [0.05, 0.1) is 7.11 Å². The Balaban J connectivity index is 0.00000220. The fourth-order valence-electron chi connectivity index (χ4n) is 2.63. The normalized spacial score (nSPS) is 16.1. The summed E-state index contributed by atoms with van der Waals surface area (Å²) in [6, 6.07) is 3.87. The number of piperazine rings is 1. The van der Waals surface area contributed by atoms with Crippen molar-refractivity contribution in [3.05, 3.63) is 34.8 Å². The van der Waals surface area contributed by atoms with Gasteiger partial charge in [0.25, 0.3) is 0 Å². The molecule has 0 aromatic heterocycles. The van der Waals surface area contributed by atoms with Crippen LogP contribution in [0.4, 0.5) is 0 Å². The number of nitrogens with zero attached hydrogens (tertiary/aromatic N) is 1. The summed E-state index contributed by atoms with van der Waals surface area (Å²) in [6.07, 6.45) is 2.70. The van der Waals surface area contributed by atoms with Gasteiger partial charge < -0.3 is 15.2 Å². The van der Waals surface area contributed by atoms with Crippen LogP contribution in [0, 0.1) is 0 Å². The predicted molar refractivity (Wildman–Crippen MR) is 98.9 cm³/mol. The number of hydrogen-bond donors (Lipinski definition) is 2. The standard InChI is InChI=1S/C15H21BrN2O2.2ClH/c1-3-4-13(18-7-5-17-6-8-18)12-9-11(16)10-14(20-2)15(12)19;;/h3,9-10,13,17,19H,1,4-8H2,2H3;2*1H/t13-;;/m0../s1. The number of nitrogens with one attached hydrogen (secondary N) is 1. The van der Waals surface area contributed by atoms with Gasteiger partial charge in [-0.25, -0.2) is 0 Å². The third-order valence-electron chi connectivity index (χ3n) is 3.63. The molecule has 1 heterocycles. The van der Waals surface area contributed by atoms with E-state index in [4.69, 9.17) is 4.74 Å². The van der Waals surface area contributed by atoms with Crippen molar-refractivity contribution < 1.29 is 9.84 Å². The van der Waals surface area contributed by atoms with E-state index in [0.717, 1.165) is 42.6 Å². The van der Waals surface area contributed by atoms with Gasteiger partial charge in [-0.3, -0.25) is 4.90 Å². The second kappa shape index (κ2) is 10.3. The van der Waals surface area contributed by atoms with Crippen LogP contribution in [0.5, 0.6) is 11.5 Å². The summed E-state index contributed by atoms with van der Waals surface area (Å²) in [5, 5.41) is 13.8. The molecule has 0 amide bonds. The van der Waals surface area contributed by atoms with E-state index in [1.807, 2.05) is 12.1 Å². The number of rotatable bonds is 5. The zero-order valence-electron chi connectivity index (χ0n) is 12.5.